The van der Waals surface area contributed by atoms with Crippen molar-refractivity contribution in [2.75, 3.05) is 7.05 Å². The fourth-order valence-corrected chi connectivity index (χ4v) is 2.27. The molecule has 16 heavy (non-hydrogen) atoms. The van der Waals surface area contributed by atoms with Gasteiger partial charge in [0.25, 0.3) is 0 Å². The third kappa shape index (κ3) is 3.32. The second kappa shape index (κ2) is 6.01. The van der Waals surface area contributed by atoms with Crippen LogP contribution >= 0.6 is 11.3 Å². The molecular weight excluding hydrogens is 220 g/mol. The minimum absolute atomic E-state index is 0.0227. The molecule has 0 radical (unpaired) electrons. The molecule has 0 fully saturated rings. The monoisotopic (exact) mass is 240 g/mol. The third-order valence-electron chi connectivity index (χ3n) is 2.89. The van der Waals surface area contributed by atoms with Crippen molar-refractivity contribution in [1.82, 2.24) is 4.90 Å². The smallest absolute Gasteiger partial charge is 0.224 e. The SMILES string of the molecule is CCC(N)CC(=O)N(C)C(C)c1cccs1. The van der Waals surface area contributed by atoms with Gasteiger partial charge in [-0.15, -0.1) is 11.3 Å². The Bertz CT molecular complexity index is 324. The van der Waals surface area contributed by atoms with Crippen LogP contribution in [0.2, 0.25) is 0 Å². The summed E-state index contributed by atoms with van der Waals surface area (Å²) < 4.78 is 0. The molecule has 1 amide bonds. The normalized spacial score (nSPS) is 14.5. The van der Waals surface area contributed by atoms with E-state index in [0.29, 0.717) is 6.42 Å². The zero-order valence-electron chi connectivity index (χ0n) is 10.1. The van der Waals surface area contributed by atoms with Gasteiger partial charge in [0, 0.05) is 24.4 Å². The highest BCUT2D eigenvalue weighted by Gasteiger charge is 2.19. The van der Waals surface area contributed by atoms with Crippen molar-refractivity contribution in [1.29, 1.82) is 0 Å². The molecule has 0 aliphatic rings. The summed E-state index contributed by atoms with van der Waals surface area (Å²) >= 11 is 1.68. The summed E-state index contributed by atoms with van der Waals surface area (Å²) in [6, 6.07) is 4.17. The fraction of sp³-hybridized carbons (Fsp3) is 0.583. The first-order valence-corrected chi connectivity index (χ1v) is 6.48. The van der Waals surface area contributed by atoms with E-state index in [1.807, 2.05) is 32.3 Å². The average Bonchev–Trinajstić information content (AvgIpc) is 2.80. The van der Waals surface area contributed by atoms with E-state index in [0.717, 1.165) is 6.42 Å². The highest BCUT2D eigenvalue weighted by molar-refractivity contribution is 7.10. The molecule has 3 nitrogen and oxygen atoms in total. The summed E-state index contributed by atoms with van der Waals surface area (Å²) in [5.74, 6) is 0.121. The topological polar surface area (TPSA) is 46.3 Å². The highest BCUT2D eigenvalue weighted by atomic mass is 32.1. The molecular formula is C12H20N2OS. The molecule has 2 N–H and O–H groups in total. The van der Waals surface area contributed by atoms with Crippen LogP contribution in [0.15, 0.2) is 17.5 Å². The molecule has 0 aliphatic carbocycles. The Kier molecular flexibility index (Phi) is 4.96. The van der Waals surface area contributed by atoms with Gasteiger partial charge in [-0.25, -0.2) is 0 Å². The Morgan fingerprint density at radius 2 is 2.31 bits per heavy atom. The lowest BCUT2D eigenvalue weighted by atomic mass is 10.1. The molecule has 1 aromatic heterocycles. The van der Waals surface area contributed by atoms with E-state index in [1.165, 1.54) is 4.88 Å². The van der Waals surface area contributed by atoms with Crippen LogP contribution in [0.4, 0.5) is 0 Å². The van der Waals surface area contributed by atoms with E-state index in [-0.39, 0.29) is 18.0 Å². The largest absolute Gasteiger partial charge is 0.338 e. The number of hydrogen-bond acceptors (Lipinski definition) is 3. The van der Waals surface area contributed by atoms with Crippen LogP contribution in [0.25, 0.3) is 0 Å². The van der Waals surface area contributed by atoms with Gasteiger partial charge in [-0.05, 0) is 24.8 Å². The van der Waals surface area contributed by atoms with Crippen molar-refractivity contribution in [2.24, 2.45) is 5.73 Å². The zero-order chi connectivity index (χ0) is 12.1. The summed E-state index contributed by atoms with van der Waals surface area (Å²) in [7, 11) is 1.84. The number of carbonyl (C=O) groups excluding carboxylic acids is 1. The van der Waals surface area contributed by atoms with Gasteiger partial charge in [-0.1, -0.05) is 13.0 Å². The fourth-order valence-electron chi connectivity index (χ4n) is 1.45. The van der Waals surface area contributed by atoms with Gasteiger partial charge >= 0.3 is 0 Å². The van der Waals surface area contributed by atoms with Crippen LogP contribution in [0.5, 0.6) is 0 Å². The Morgan fingerprint density at radius 1 is 1.62 bits per heavy atom. The van der Waals surface area contributed by atoms with Crippen LogP contribution in [-0.2, 0) is 4.79 Å². The van der Waals surface area contributed by atoms with E-state index in [1.54, 1.807) is 16.2 Å². The van der Waals surface area contributed by atoms with Gasteiger partial charge < -0.3 is 10.6 Å². The second-order valence-corrected chi connectivity index (χ2v) is 5.05. The van der Waals surface area contributed by atoms with Crippen molar-refractivity contribution in [3.8, 4) is 0 Å². The van der Waals surface area contributed by atoms with Crippen molar-refractivity contribution in [3.05, 3.63) is 22.4 Å². The Balaban J connectivity index is 2.57. The van der Waals surface area contributed by atoms with E-state index in [4.69, 9.17) is 5.73 Å². The number of amides is 1. The quantitative estimate of drug-likeness (QED) is 0.859. The maximum absolute atomic E-state index is 11.9. The molecule has 0 bridgehead atoms. The minimum Gasteiger partial charge on any atom is -0.338 e. The lowest BCUT2D eigenvalue weighted by Crippen LogP contribution is -2.34. The minimum atomic E-state index is -0.0227. The van der Waals surface area contributed by atoms with Crippen LogP contribution in [-0.4, -0.2) is 23.9 Å². The number of hydrogen-bond donors (Lipinski definition) is 1. The maximum Gasteiger partial charge on any atom is 0.224 e. The van der Waals surface area contributed by atoms with E-state index in [9.17, 15) is 4.79 Å². The standard InChI is InChI=1S/C12H20N2OS/c1-4-10(13)8-12(15)14(3)9(2)11-6-5-7-16-11/h5-7,9-10H,4,8,13H2,1-3H3. The molecule has 0 aromatic carbocycles. The van der Waals surface area contributed by atoms with Crippen molar-refractivity contribution in [2.45, 2.75) is 38.8 Å². The molecule has 90 valence electrons. The average molecular weight is 240 g/mol. The zero-order valence-corrected chi connectivity index (χ0v) is 11.0. The highest BCUT2D eigenvalue weighted by Crippen LogP contribution is 2.23. The molecule has 1 heterocycles. The summed E-state index contributed by atoms with van der Waals surface area (Å²) in [6.45, 7) is 4.04. The Hall–Kier alpha value is -0.870. The summed E-state index contributed by atoms with van der Waals surface area (Å²) in [6.07, 6.45) is 1.27. The molecule has 0 saturated carbocycles. The number of thiophene rings is 1. The van der Waals surface area contributed by atoms with E-state index in [2.05, 4.69) is 6.07 Å². The van der Waals surface area contributed by atoms with Crippen molar-refractivity contribution < 1.29 is 4.79 Å². The summed E-state index contributed by atoms with van der Waals surface area (Å²) in [5.41, 5.74) is 5.79. The molecule has 4 heteroatoms. The second-order valence-electron chi connectivity index (χ2n) is 4.07. The number of rotatable bonds is 5. The van der Waals surface area contributed by atoms with E-state index < -0.39 is 0 Å². The molecule has 0 saturated heterocycles. The summed E-state index contributed by atoms with van der Waals surface area (Å²) in [4.78, 5) is 14.9. The van der Waals surface area contributed by atoms with Gasteiger partial charge in [0.1, 0.15) is 0 Å². The molecule has 2 atom stereocenters. The van der Waals surface area contributed by atoms with Gasteiger partial charge in [-0.3, -0.25) is 4.79 Å². The van der Waals surface area contributed by atoms with E-state index >= 15 is 0 Å². The lowest BCUT2D eigenvalue weighted by Gasteiger charge is -2.25. The third-order valence-corrected chi connectivity index (χ3v) is 3.93. The predicted molar refractivity (Wildman–Crippen MR) is 68.4 cm³/mol. The maximum atomic E-state index is 11.9. The van der Waals surface area contributed by atoms with Gasteiger partial charge in [-0.2, -0.15) is 0 Å². The Labute approximate surface area is 101 Å². The van der Waals surface area contributed by atoms with Crippen LogP contribution < -0.4 is 5.73 Å². The summed E-state index contributed by atoms with van der Waals surface area (Å²) in [5, 5.41) is 2.03. The van der Waals surface area contributed by atoms with Crippen molar-refractivity contribution in [3.63, 3.8) is 0 Å². The molecule has 0 aliphatic heterocycles. The predicted octanol–water partition coefficient (Wildman–Crippen LogP) is 2.39. The molecule has 1 aromatic rings. The van der Waals surface area contributed by atoms with Crippen LogP contribution in [0, 0.1) is 0 Å². The van der Waals surface area contributed by atoms with Crippen LogP contribution in [0.1, 0.15) is 37.6 Å². The first-order chi connectivity index (χ1) is 7.56. The number of nitrogens with zero attached hydrogens (tertiary/aromatic N) is 1. The molecule has 2 unspecified atom stereocenters. The number of nitrogens with two attached hydrogens (primary N) is 1. The Morgan fingerprint density at radius 3 is 2.81 bits per heavy atom. The van der Waals surface area contributed by atoms with Crippen LogP contribution in [0.3, 0.4) is 0 Å². The van der Waals surface area contributed by atoms with Gasteiger partial charge in [0.2, 0.25) is 5.91 Å². The first-order valence-electron chi connectivity index (χ1n) is 5.60. The van der Waals surface area contributed by atoms with Crippen molar-refractivity contribution >= 4 is 17.2 Å². The lowest BCUT2D eigenvalue weighted by molar-refractivity contribution is -0.132. The van der Waals surface area contributed by atoms with Gasteiger partial charge in [0.15, 0.2) is 0 Å². The molecule has 1 rings (SSSR count). The molecule has 0 spiro atoms. The van der Waals surface area contributed by atoms with Gasteiger partial charge in [0.05, 0.1) is 6.04 Å². The first kappa shape index (κ1) is 13.2. The number of carbonyl (C=O) groups is 1.